The average Bonchev–Trinajstić information content (AvgIpc) is 3.15. The van der Waals surface area contributed by atoms with Crippen molar-refractivity contribution in [2.45, 2.75) is 52.0 Å². The number of hydrogen-bond acceptors (Lipinski definition) is 5. The minimum atomic E-state index is -0.611. The van der Waals surface area contributed by atoms with Crippen molar-refractivity contribution in [3.63, 3.8) is 0 Å². The molecular weight excluding hydrogens is 384 g/mol. The van der Waals surface area contributed by atoms with Gasteiger partial charge in [-0.1, -0.05) is 26.0 Å². The van der Waals surface area contributed by atoms with Crippen LogP contribution in [0.2, 0.25) is 0 Å². The Morgan fingerprint density at radius 2 is 1.80 bits per heavy atom. The van der Waals surface area contributed by atoms with Gasteiger partial charge in [0.1, 0.15) is 12.4 Å². The van der Waals surface area contributed by atoms with E-state index in [1.807, 2.05) is 43.0 Å². The fraction of sp³-hybridized carbons (Fsp3) is 0.609. The van der Waals surface area contributed by atoms with Gasteiger partial charge in [0.25, 0.3) is 0 Å². The Bertz CT molecular complexity index is 755. The molecule has 0 bridgehead atoms. The van der Waals surface area contributed by atoms with Gasteiger partial charge in [0.15, 0.2) is 0 Å². The molecule has 0 aliphatic carbocycles. The van der Waals surface area contributed by atoms with Gasteiger partial charge in [-0.3, -0.25) is 9.59 Å². The summed E-state index contributed by atoms with van der Waals surface area (Å²) in [5.41, 5.74) is 0.925. The number of carbonyl (C=O) groups is 3. The summed E-state index contributed by atoms with van der Waals surface area (Å²) in [6, 6.07) is 7.17. The van der Waals surface area contributed by atoms with Crippen LogP contribution in [0.5, 0.6) is 5.75 Å². The van der Waals surface area contributed by atoms with Crippen LogP contribution in [0.15, 0.2) is 24.3 Å². The number of methoxy groups -OCH3 is 1. The number of rotatable bonds is 7. The van der Waals surface area contributed by atoms with Crippen molar-refractivity contribution in [2.75, 3.05) is 26.8 Å². The van der Waals surface area contributed by atoms with Crippen LogP contribution in [0.4, 0.5) is 4.79 Å². The van der Waals surface area contributed by atoms with Gasteiger partial charge >= 0.3 is 6.09 Å². The smallest absolute Gasteiger partial charge is 0.416 e. The molecule has 0 spiro atoms. The Morgan fingerprint density at radius 3 is 2.40 bits per heavy atom. The quantitative estimate of drug-likeness (QED) is 0.682. The number of ether oxygens (including phenoxy) is 2. The maximum absolute atomic E-state index is 13.4. The number of cyclic esters (lactones) is 1. The van der Waals surface area contributed by atoms with E-state index < -0.39 is 12.0 Å². The molecule has 2 aliphatic heterocycles. The minimum Gasteiger partial charge on any atom is -0.497 e. The summed E-state index contributed by atoms with van der Waals surface area (Å²) >= 11 is 0. The second kappa shape index (κ2) is 9.96. The summed E-state index contributed by atoms with van der Waals surface area (Å²) in [7, 11) is 1.60. The molecule has 0 radical (unpaired) electrons. The summed E-state index contributed by atoms with van der Waals surface area (Å²) in [5, 5.41) is 0. The monoisotopic (exact) mass is 416 g/mol. The lowest BCUT2D eigenvalue weighted by molar-refractivity contribution is -0.141. The number of carbonyl (C=O) groups excluding carboxylic acids is 3. The van der Waals surface area contributed by atoms with E-state index >= 15 is 0 Å². The molecule has 1 aromatic rings. The van der Waals surface area contributed by atoms with E-state index in [0.29, 0.717) is 6.42 Å². The maximum atomic E-state index is 13.4. The Hall–Kier alpha value is -2.57. The van der Waals surface area contributed by atoms with E-state index in [9.17, 15) is 14.4 Å². The normalized spacial score (nSPS) is 20.3. The van der Waals surface area contributed by atoms with E-state index in [1.54, 1.807) is 7.11 Å². The lowest BCUT2D eigenvalue weighted by Crippen LogP contribution is -2.47. The molecule has 7 heteroatoms. The van der Waals surface area contributed by atoms with E-state index in [2.05, 4.69) is 0 Å². The molecule has 3 amide bonds. The summed E-state index contributed by atoms with van der Waals surface area (Å²) < 4.78 is 10.4. The van der Waals surface area contributed by atoms with Crippen molar-refractivity contribution >= 4 is 17.9 Å². The van der Waals surface area contributed by atoms with Gasteiger partial charge in [-0.2, -0.15) is 0 Å². The number of nitrogens with zero attached hydrogens (tertiary/aromatic N) is 2. The van der Waals surface area contributed by atoms with Gasteiger partial charge in [0, 0.05) is 19.5 Å². The van der Waals surface area contributed by atoms with Crippen molar-refractivity contribution in [2.24, 2.45) is 11.8 Å². The number of piperidine rings is 1. The topological polar surface area (TPSA) is 76.2 Å². The SMILES string of the molecule is COc1ccc(CC(CC(=O)N2CCCCC2)C(=O)N2C(=O)OCC2C(C)C)cc1. The Balaban J connectivity index is 1.80. The van der Waals surface area contributed by atoms with Crippen LogP contribution in [0.25, 0.3) is 0 Å². The second-order valence-corrected chi connectivity index (χ2v) is 8.49. The molecule has 164 valence electrons. The van der Waals surface area contributed by atoms with Gasteiger partial charge in [-0.15, -0.1) is 0 Å². The number of hydrogen-bond donors (Lipinski definition) is 0. The molecule has 2 aliphatic rings. The van der Waals surface area contributed by atoms with Crippen LogP contribution in [-0.2, 0) is 20.7 Å². The number of likely N-dealkylation sites (tertiary alicyclic amines) is 1. The molecule has 0 saturated carbocycles. The summed E-state index contributed by atoms with van der Waals surface area (Å²) in [6.07, 6.45) is 3.00. The van der Waals surface area contributed by atoms with Gasteiger partial charge in [0.2, 0.25) is 11.8 Å². The zero-order valence-corrected chi connectivity index (χ0v) is 18.1. The highest BCUT2D eigenvalue weighted by Gasteiger charge is 2.42. The largest absolute Gasteiger partial charge is 0.497 e. The zero-order valence-electron chi connectivity index (χ0n) is 18.1. The zero-order chi connectivity index (χ0) is 21.7. The molecule has 2 heterocycles. The van der Waals surface area contributed by atoms with Crippen molar-refractivity contribution in [1.82, 2.24) is 9.80 Å². The predicted octanol–water partition coefficient (Wildman–Crippen LogP) is 3.26. The molecule has 7 nitrogen and oxygen atoms in total. The number of amides is 3. The molecule has 30 heavy (non-hydrogen) atoms. The maximum Gasteiger partial charge on any atom is 0.416 e. The second-order valence-electron chi connectivity index (χ2n) is 8.49. The van der Waals surface area contributed by atoms with Crippen molar-refractivity contribution < 1.29 is 23.9 Å². The first-order valence-corrected chi connectivity index (χ1v) is 10.8. The van der Waals surface area contributed by atoms with Gasteiger partial charge < -0.3 is 14.4 Å². The average molecular weight is 417 g/mol. The van der Waals surface area contributed by atoms with Crippen LogP contribution in [-0.4, -0.2) is 60.6 Å². The Kier molecular flexibility index (Phi) is 7.34. The molecule has 2 saturated heterocycles. The number of benzene rings is 1. The lowest BCUT2D eigenvalue weighted by atomic mass is 9.92. The van der Waals surface area contributed by atoms with E-state index in [4.69, 9.17) is 9.47 Å². The number of imide groups is 1. The van der Waals surface area contributed by atoms with Crippen LogP contribution >= 0.6 is 0 Å². The molecular formula is C23H32N2O5. The first-order chi connectivity index (χ1) is 14.4. The van der Waals surface area contributed by atoms with Crippen LogP contribution in [0, 0.1) is 11.8 Å². The highest BCUT2D eigenvalue weighted by atomic mass is 16.6. The highest BCUT2D eigenvalue weighted by Crippen LogP contribution is 2.26. The van der Waals surface area contributed by atoms with Crippen LogP contribution in [0.3, 0.4) is 0 Å². The predicted molar refractivity (Wildman–Crippen MR) is 112 cm³/mol. The standard InChI is InChI=1S/C23H32N2O5/c1-16(2)20-15-30-23(28)25(20)22(27)18(13-17-7-9-19(29-3)10-8-17)14-21(26)24-11-5-4-6-12-24/h7-10,16,18,20H,4-6,11-15H2,1-3H3. The van der Waals surface area contributed by atoms with E-state index in [1.165, 1.54) is 4.90 Å². The summed E-state index contributed by atoms with van der Waals surface area (Å²) in [4.78, 5) is 41.8. The fourth-order valence-electron chi connectivity index (χ4n) is 4.15. The van der Waals surface area contributed by atoms with Gasteiger partial charge in [0.05, 0.1) is 19.1 Å². The Labute approximate surface area is 178 Å². The van der Waals surface area contributed by atoms with E-state index in [-0.39, 0.29) is 36.8 Å². The Morgan fingerprint density at radius 1 is 1.13 bits per heavy atom. The lowest BCUT2D eigenvalue weighted by Gasteiger charge is -2.30. The van der Waals surface area contributed by atoms with Crippen molar-refractivity contribution in [3.8, 4) is 5.75 Å². The highest BCUT2D eigenvalue weighted by molar-refractivity contribution is 5.96. The van der Waals surface area contributed by atoms with Gasteiger partial charge in [-0.05, 0) is 49.3 Å². The molecule has 0 aromatic heterocycles. The van der Waals surface area contributed by atoms with E-state index in [0.717, 1.165) is 43.7 Å². The molecule has 2 fully saturated rings. The first kappa shape index (κ1) is 22.1. The van der Waals surface area contributed by atoms with Crippen LogP contribution in [0.1, 0.15) is 45.1 Å². The molecule has 2 atom stereocenters. The van der Waals surface area contributed by atoms with Gasteiger partial charge in [-0.25, -0.2) is 9.69 Å². The first-order valence-electron chi connectivity index (χ1n) is 10.8. The van der Waals surface area contributed by atoms with Crippen LogP contribution < -0.4 is 4.74 Å². The van der Waals surface area contributed by atoms with Crippen molar-refractivity contribution in [1.29, 1.82) is 0 Å². The fourth-order valence-corrected chi connectivity index (χ4v) is 4.15. The van der Waals surface area contributed by atoms with Crippen molar-refractivity contribution in [3.05, 3.63) is 29.8 Å². The third-order valence-electron chi connectivity index (χ3n) is 6.03. The molecule has 2 unspecified atom stereocenters. The molecule has 0 N–H and O–H groups in total. The molecule has 1 aromatic carbocycles. The minimum absolute atomic E-state index is 0.0183. The third kappa shape index (κ3) is 5.12. The third-order valence-corrected chi connectivity index (χ3v) is 6.03. The molecule has 3 rings (SSSR count). The summed E-state index contributed by atoms with van der Waals surface area (Å²) in [6.45, 7) is 5.61. The summed E-state index contributed by atoms with van der Waals surface area (Å²) in [5.74, 6) is -0.138.